The lowest BCUT2D eigenvalue weighted by Gasteiger charge is -2.15. The van der Waals surface area contributed by atoms with Gasteiger partial charge in [-0.2, -0.15) is 0 Å². The highest BCUT2D eigenvalue weighted by Crippen LogP contribution is 2.29. The van der Waals surface area contributed by atoms with E-state index in [4.69, 9.17) is 15.0 Å². The summed E-state index contributed by atoms with van der Waals surface area (Å²) in [5.74, 6) is 0. The topological polar surface area (TPSA) is 142 Å². The first-order chi connectivity index (χ1) is 11.1. The minimum absolute atomic E-state index is 0.0827. The number of aromatic amines is 1. The van der Waals surface area contributed by atoms with Crippen LogP contribution in [-0.4, -0.2) is 40.0 Å². The fourth-order valence-corrected chi connectivity index (χ4v) is 2.41. The zero-order valence-corrected chi connectivity index (χ0v) is 12.7. The van der Waals surface area contributed by atoms with Crippen LogP contribution in [0.4, 0.5) is 0 Å². The molecule has 0 spiro atoms. The normalized spacial score (nSPS) is 23.7. The van der Waals surface area contributed by atoms with Crippen LogP contribution in [-0.2, 0) is 16.1 Å². The quantitative estimate of drug-likeness (QED) is 0.323. The van der Waals surface area contributed by atoms with Gasteiger partial charge in [-0.15, -0.1) is 0 Å². The van der Waals surface area contributed by atoms with E-state index in [1.54, 1.807) is 0 Å². The van der Waals surface area contributed by atoms with Gasteiger partial charge < -0.3 is 14.6 Å². The smallest absolute Gasteiger partial charge is 0.330 e. The Kier molecular flexibility index (Phi) is 5.94. The van der Waals surface area contributed by atoms with Gasteiger partial charge in [-0.05, 0) is 12.0 Å². The van der Waals surface area contributed by atoms with Gasteiger partial charge in [0.2, 0.25) is 0 Å². The lowest BCUT2D eigenvalue weighted by molar-refractivity contribution is -0.0274. The molecule has 1 aromatic heterocycles. The molecular formula is C13H19N5O5. The first-order valence-electron chi connectivity index (χ1n) is 7.33. The number of hydrogen-bond acceptors (Lipinski definition) is 6. The van der Waals surface area contributed by atoms with Crippen molar-refractivity contribution >= 4 is 0 Å². The Morgan fingerprint density at radius 1 is 1.61 bits per heavy atom. The van der Waals surface area contributed by atoms with Gasteiger partial charge in [-0.1, -0.05) is 12.0 Å². The van der Waals surface area contributed by atoms with Crippen molar-refractivity contribution < 1.29 is 14.6 Å². The average Bonchev–Trinajstić information content (AvgIpc) is 2.93. The van der Waals surface area contributed by atoms with Crippen LogP contribution in [0.15, 0.2) is 20.9 Å². The van der Waals surface area contributed by atoms with Crippen LogP contribution in [0.25, 0.3) is 10.4 Å². The first kappa shape index (κ1) is 17.2. The molecule has 126 valence electrons. The molecule has 0 radical (unpaired) electrons. The van der Waals surface area contributed by atoms with E-state index in [1.165, 1.54) is 10.8 Å². The molecule has 1 aromatic rings. The maximum absolute atomic E-state index is 12.0. The Bertz CT molecular complexity index is 693. The van der Waals surface area contributed by atoms with Crippen LogP contribution >= 0.6 is 0 Å². The molecule has 3 atom stereocenters. The van der Waals surface area contributed by atoms with Crippen LogP contribution in [0.5, 0.6) is 0 Å². The van der Waals surface area contributed by atoms with E-state index in [0.717, 1.165) is 6.42 Å². The summed E-state index contributed by atoms with van der Waals surface area (Å²) in [6.07, 6.45) is 1.02. The molecule has 10 nitrogen and oxygen atoms in total. The van der Waals surface area contributed by atoms with E-state index in [-0.39, 0.29) is 19.6 Å². The number of H-pyrrole nitrogens is 1. The van der Waals surface area contributed by atoms with Crippen molar-refractivity contribution in [2.24, 2.45) is 5.11 Å². The van der Waals surface area contributed by atoms with Gasteiger partial charge in [0, 0.05) is 24.1 Å². The molecular weight excluding hydrogens is 306 g/mol. The standard InChI is InChI=1S/C13H19N5O5/c1-2-3-22-7-8-5-18(13(21)15-12(8)20)11-4-9(16-17-14)10(6-19)23-11/h5,9-11,19H,2-4,6-7H2,1H3,(H,15,20,21)/t9-,10+,11-/m0/s1. The molecule has 2 heterocycles. The molecule has 1 aliphatic rings. The zero-order valence-electron chi connectivity index (χ0n) is 12.7. The Morgan fingerprint density at radius 2 is 2.39 bits per heavy atom. The lowest BCUT2D eigenvalue weighted by Crippen LogP contribution is -2.34. The maximum atomic E-state index is 12.0. The Hall–Kier alpha value is -2.13. The molecule has 10 heteroatoms. The highest BCUT2D eigenvalue weighted by Gasteiger charge is 2.35. The van der Waals surface area contributed by atoms with E-state index in [0.29, 0.717) is 12.2 Å². The van der Waals surface area contributed by atoms with E-state index >= 15 is 0 Å². The molecule has 0 aliphatic carbocycles. The molecule has 2 N–H and O–H groups in total. The number of aliphatic hydroxyl groups is 1. The minimum Gasteiger partial charge on any atom is -0.394 e. The van der Waals surface area contributed by atoms with Crippen LogP contribution in [0.2, 0.25) is 0 Å². The second kappa shape index (κ2) is 7.93. The van der Waals surface area contributed by atoms with Crippen molar-refractivity contribution in [3.05, 3.63) is 43.0 Å². The monoisotopic (exact) mass is 325 g/mol. The van der Waals surface area contributed by atoms with E-state index < -0.39 is 29.6 Å². The van der Waals surface area contributed by atoms with Crippen molar-refractivity contribution in [2.45, 2.75) is 44.7 Å². The average molecular weight is 325 g/mol. The van der Waals surface area contributed by atoms with Crippen LogP contribution < -0.4 is 11.2 Å². The Labute approximate surface area is 131 Å². The van der Waals surface area contributed by atoms with E-state index in [2.05, 4.69) is 15.0 Å². The van der Waals surface area contributed by atoms with Crippen molar-refractivity contribution in [2.75, 3.05) is 13.2 Å². The fourth-order valence-electron chi connectivity index (χ4n) is 2.41. The SMILES string of the molecule is CCCOCc1cn([C@@H]2C[C@H](N=[N+]=[N-])[C@@H](CO)O2)c(=O)[nH]c1=O. The van der Waals surface area contributed by atoms with Gasteiger partial charge in [-0.3, -0.25) is 14.3 Å². The summed E-state index contributed by atoms with van der Waals surface area (Å²) in [7, 11) is 0. The van der Waals surface area contributed by atoms with E-state index in [1.807, 2.05) is 6.92 Å². The zero-order chi connectivity index (χ0) is 16.8. The summed E-state index contributed by atoms with van der Waals surface area (Å²) in [4.78, 5) is 28.7. The predicted octanol–water partition coefficient (Wildman–Crippen LogP) is 0.422. The van der Waals surface area contributed by atoms with E-state index in [9.17, 15) is 14.7 Å². The second-order valence-corrected chi connectivity index (χ2v) is 5.19. The highest BCUT2D eigenvalue weighted by molar-refractivity contribution is 5.04. The summed E-state index contributed by atoms with van der Waals surface area (Å²) in [6, 6.07) is -0.575. The second-order valence-electron chi connectivity index (χ2n) is 5.19. The molecule has 1 aliphatic heterocycles. The molecule has 1 fully saturated rings. The number of nitrogens with zero attached hydrogens (tertiary/aromatic N) is 4. The van der Waals surface area contributed by atoms with Gasteiger partial charge in [-0.25, -0.2) is 4.79 Å². The van der Waals surface area contributed by atoms with Gasteiger partial charge in [0.25, 0.3) is 5.56 Å². The number of rotatable bonds is 7. The minimum atomic E-state index is -0.725. The molecule has 0 unspecified atom stereocenters. The van der Waals surface area contributed by atoms with Gasteiger partial charge in [0.1, 0.15) is 6.23 Å². The summed E-state index contributed by atoms with van der Waals surface area (Å²) in [5, 5.41) is 12.8. The third kappa shape index (κ3) is 3.99. The van der Waals surface area contributed by atoms with Crippen LogP contribution in [0, 0.1) is 0 Å². The number of azide groups is 1. The fraction of sp³-hybridized carbons (Fsp3) is 0.692. The molecule has 1 saturated heterocycles. The summed E-state index contributed by atoms with van der Waals surface area (Å²) < 4.78 is 12.1. The van der Waals surface area contributed by atoms with Crippen molar-refractivity contribution in [3.63, 3.8) is 0 Å². The molecule has 0 bridgehead atoms. The number of aromatic nitrogens is 2. The predicted molar refractivity (Wildman–Crippen MR) is 79.8 cm³/mol. The van der Waals surface area contributed by atoms with Gasteiger partial charge in [0.05, 0.1) is 30.9 Å². The molecule has 2 rings (SSSR count). The Morgan fingerprint density at radius 3 is 3.04 bits per heavy atom. The van der Waals surface area contributed by atoms with Crippen LogP contribution in [0.1, 0.15) is 31.6 Å². The molecule has 0 aromatic carbocycles. The van der Waals surface area contributed by atoms with Crippen molar-refractivity contribution in [3.8, 4) is 0 Å². The van der Waals surface area contributed by atoms with Crippen LogP contribution in [0.3, 0.4) is 0 Å². The van der Waals surface area contributed by atoms with Gasteiger partial charge in [0.15, 0.2) is 0 Å². The maximum Gasteiger partial charge on any atom is 0.330 e. The number of aliphatic hydroxyl groups excluding tert-OH is 1. The van der Waals surface area contributed by atoms with Crippen molar-refractivity contribution in [1.29, 1.82) is 0 Å². The molecule has 0 saturated carbocycles. The van der Waals surface area contributed by atoms with Gasteiger partial charge >= 0.3 is 5.69 Å². The number of ether oxygens (including phenoxy) is 2. The lowest BCUT2D eigenvalue weighted by atomic mass is 10.1. The number of hydrogen-bond donors (Lipinski definition) is 2. The first-order valence-corrected chi connectivity index (χ1v) is 7.33. The third-order valence-corrected chi connectivity index (χ3v) is 3.54. The molecule has 0 amide bonds. The molecule has 23 heavy (non-hydrogen) atoms. The highest BCUT2D eigenvalue weighted by atomic mass is 16.5. The number of nitrogens with one attached hydrogen (secondary N) is 1. The largest absolute Gasteiger partial charge is 0.394 e. The Balaban J connectivity index is 2.25. The summed E-state index contributed by atoms with van der Waals surface area (Å²) in [5.41, 5.74) is 7.71. The summed E-state index contributed by atoms with van der Waals surface area (Å²) in [6.45, 7) is 2.20. The third-order valence-electron chi connectivity index (χ3n) is 3.54. The summed E-state index contributed by atoms with van der Waals surface area (Å²) >= 11 is 0. The van der Waals surface area contributed by atoms with Crippen molar-refractivity contribution in [1.82, 2.24) is 9.55 Å².